The van der Waals surface area contributed by atoms with E-state index in [4.69, 9.17) is 9.47 Å². The molecule has 1 aliphatic rings. The van der Waals surface area contributed by atoms with Crippen LogP contribution in [0.5, 0.6) is 0 Å². The second-order valence-electron chi connectivity index (χ2n) is 5.43. The van der Waals surface area contributed by atoms with Crippen LogP contribution < -0.4 is 0 Å². The maximum absolute atomic E-state index is 10.7. The van der Waals surface area contributed by atoms with E-state index in [1.54, 1.807) is 0 Å². The van der Waals surface area contributed by atoms with Crippen molar-refractivity contribution in [3.63, 3.8) is 0 Å². The minimum atomic E-state index is -0.522. The highest BCUT2D eigenvalue weighted by molar-refractivity contribution is 5.12. The fraction of sp³-hybridized carbons (Fsp3) is 0.800. The van der Waals surface area contributed by atoms with Gasteiger partial charge in [0.05, 0.1) is 17.4 Å². The first-order valence-electron chi connectivity index (χ1n) is 7.53. The van der Waals surface area contributed by atoms with Crippen LogP contribution in [0.2, 0.25) is 0 Å². The quantitative estimate of drug-likeness (QED) is 0.858. The van der Waals surface area contributed by atoms with Crippen molar-refractivity contribution in [2.45, 2.75) is 51.2 Å². The predicted molar refractivity (Wildman–Crippen MR) is 76.7 cm³/mol. The van der Waals surface area contributed by atoms with E-state index in [1.807, 2.05) is 18.7 Å². The van der Waals surface area contributed by atoms with Crippen LogP contribution in [-0.2, 0) is 29.4 Å². The van der Waals surface area contributed by atoms with Crippen molar-refractivity contribution in [1.29, 1.82) is 0 Å². The van der Waals surface area contributed by atoms with Crippen LogP contribution in [0.25, 0.3) is 0 Å². The van der Waals surface area contributed by atoms with Gasteiger partial charge in [0.1, 0.15) is 0 Å². The zero-order chi connectivity index (χ0) is 14.6. The number of ether oxygens (including phenoxy) is 2. The number of aromatic nitrogens is 2. The van der Waals surface area contributed by atoms with Gasteiger partial charge in [0.25, 0.3) is 0 Å². The van der Waals surface area contributed by atoms with Gasteiger partial charge in [-0.1, -0.05) is 6.92 Å². The molecule has 1 saturated heterocycles. The summed E-state index contributed by atoms with van der Waals surface area (Å²) in [5, 5.41) is 15.1. The third-order valence-electron chi connectivity index (χ3n) is 4.17. The Bertz CT molecular complexity index is 419. The molecule has 0 radical (unpaired) electrons. The molecular weight excluding hydrogens is 256 g/mol. The zero-order valence-corrected chi connectivity index (χ0v) is 12.8. The van der Waals surface area contributed by atoms with E-state index in [-0.39, 0.29) is 0 Å². The Kier molecular flexibility index (Phi) is 5.18. The summed E-state index contributed by atoms with van der Waals surface area (Å²) in [6, 6.07) is 2.07. The Morgan fingerprint density at radius 1 is 1.45 bits per heavy atom. The monoisotopic (exact) mass is 282 g/mol. The molecule has 0 saturated carbocycles. The first kappa shape index (κ1) is 15.5. The van der Waals surface area contributed by atoms with Gasteiger partial charge in [-0.25, -0.2) is 0 Å². The Balaban J connectivity index is 2.11. The van der Waals surface area contributed by atoms with Gasteiger partial charge < -0.3 is 14.6 Å². The number of nitrogens with zero attached hydrogens (tertiary/aromatic N) is 2. The maximum Gasteiger partial charge on any atom is 0.0987 e. The molecule has 0 bridgehead atoms. The van der Waals surface area contributed by atoms with Gasteiger partial charge in [-0.2, -0.15) is 5.10 Å². The Morgan fingerprint density at radius 3 is 2.70 bits per heavy atom. The lowest BCUT2D eigenvalue weighted by Crippen LogP contribution is -2.50. The number of hydrogen-bond acceptors (Lipinski definition) is 4. The summed E-state index contributed by atoms with van der Waals surface area (Å²) in [4.78, 5) is 0. The van der Waals surface area contributed by atoms with Gasteiger partial charge in [0.15, 0.2) is 0 Å². The summed E-state index contributed by atoms with van der Waals surface area (Å²) in [6.07, 6.45) is 2.46. The van der Waals surface area contributed by atoms with E-state index < -0.39 is 11.7 Å². The molecule has 0 spiro atoms. The lowest BCUT2D eigenvalue weighted by molar-refractivity contribution is -0.165. The summed E-state index contributed by atoms with van der Waals surface area (Å²) < 4.78 is 13.2. The van der Waals surface area contributed by atoms with Crippen LogP contribution >= 0.6 is 0 Å². The van der Waals surface area contributed by atoms with E-state index in [9.17, 15) is 5.11 Å². The third-order valence-corrected chi connectivity index (χ3v) is 4.17. The highest BCUT2D eigenvalue weighted by atomic mass is 16.5. The fourth-order valence-corrected chi connectivity index (χ4v) is 2.90. The lowest BCUT2D eigenvalue weighted by atomic mass is 9.85. The van der Waals surface area contributed by atoms with Crippen molar-refractivity contribution in [3.8, 4) is 0 Å². The summed E-state index contributed by atoms with van der Waals surface area (Å²) in [5.74, 6) is 0. The summed E-state index contributed by atoms with van der Waals surface area (Å²) in [6.45, 7) is 5.99. The Labute approximate surface area is 120 Å². The van der Waals surface area contributed by atoms with E-state index in [0.29, 0.717) is 26.2 Å². The van der Waals surface area contributed by atoms with Gasteiger partial charge in [0.2, 0.25) is 0 Å². The Hall–Kier alpha value is -0.910. The number of rotatable bonds is 6. The molecule has 1 aliphatic heterocycles. The van der Waals surface area contributed by atoms with Crippen molar-refractivity contribution < 1.29 is 14.6 Å². The normalized spacial score (nSPS) is 20.0. The van der Waals surface area contributed by atoms with E-state index in [0.717, 1.165) is 30.7 Å². The number of aryl methyl sites for hydroxylation is 2. The number of aliphatic hydroxyl groups excluding tert-OH is 1. The SMILES string of the molecule is CCOC1(C(O)Cc2cc(CC)nn2C)CCOCC1. The van der Waals surface area contributed by atoms with Crippen molar-refractivity contribution in [2.75, 3.05) is 19.8 Å². The third kappa shape index (κ3) is 3.22. The highest BCUT2D eigenvalue weighted by Crippen LogP contribution is 2.30. The van der Waals surface area contributed by atoms with Crippen LogP contribution in [0.1, 0.15) is 38.1 Å². The van der Waals surface area contributed by atoms with Crippen molar-refractivity contribution in [3.05, 3.63) is 17.5 Å². The number of aliphatic hydroxyl groups is 1. The molecule has 0 aliphatic carbocycles. The summed E-state index contributed by atoms with van der Waals surface area (Å²) in [5.41, 5.74) is 1.65. The predicted octanol–water partition coefficient (Wildman–Crippen LogP) is 1.47. The molecule has 2 heterocycles. The summed E-state index contributed by atoms with van der Waals surface area (Å²) in [7, 11) is 1.93. The molecule has 2 rings (SSSR count). The first-order valence-corrected chi connectivity index (χ1v) is 7.53. The average molecular weight is 282 g/mol. The average Bonchev–Trinajstić information content (AvgIpc) is 2.81. The molecule has 1 atom stereocenters. The molecule has 1 aromatic heterocycles. The minimum Gasteiger partial charge on any atom is -0.390 e. The fourth-order valence-electron chi connectivity index (χ4n) is 2.90. The topological polar surface area (TPSA) is 56.5 Å². The molecule has 1 unspecified atom stereocenters. The van der Waals surface area contributed by atoms with Crippen LogP contribution in [0.3, 0.4) is 0 Å². The smallest absolute Gasteiger partial charge is 0.0987 e. The second kappa shape index (κ2) is 6.70. The van der Waals surface area contributed by atoms with E-state index in [1.165, 1.54) is 0 Å². The van der Waals surface area contributed by atoms with Crippen molar-refractivity contribution >= 4 is 0 Å². The van der Waals surface area contributed by atoms with Crippen molar-refractivity contribution in [1.82, 2.24) is 9.78 Å². The van der Waals surface area contributed by atoms with E-state index >= 15 is 0 Å². The molecule has 1 fully saturated rings. The molecular formula is C15H26N2O3. The largest absolute Gasteiger partial charge is 0.390 e. The second-order valence-corrected chi connectivity index (χ2v) is 5.43. The minimum absolute atomic E-state index is 0.469. The molecule has 0 amide bonds. The van der Waals surface area contributed by atoms with E-state index in [2.05, 4.69) is 18.1 Å². The maximum atomic E-state index is 10.7. The molecule has 0 aromatic carbocycles. The Morgan fingerprint density at radius 2 is 2.15 bits per heavy atom. The van der Waals surface area contributed by atoms with Gasteiger partial charge >= 0.3 is 0 Å². The van der Waals surface area contributed by atoms with Crippen LogP contribution in [-0.4, -0.2) is 46.4 Å². The lowest BCUT2D eigenvalue weighted by Gasteiger charge is -2.40. The van der Waals surface area contributed by atoms with Crippen LogP contribution in [0, 0.1) is 0 Å². The number of hydrogen-bond donors (Lipinski definition) is 1. The molecule has 5 heteroatoms. The van der Waals surface area contributed by atoms with Gasteiger partial charge in [-0.05, 0) is 19.4 Å². The van der Waals surface area contributed by atoms with Crippen LogP contribution in [0.4, 0.5) is 0 Å². The van der Waals surface area contributed by atoms with Gasteiger partial charge in [0, 0.05) is 51.8 Å². The molecule has 5 nitrogen and oxygen atoms in total. The highest BCUT2D eigenvalue weighted by Gasteiger charge is 2.40. The zero-order valence-electron chi connectivity index (χ0n) is 12.8. The van der Waals surface area contributed by atoms with Gasteiger partial charge in [-0.15, -0.1) is 0 Å². The molecule has 20 heavy (non-hydrogen) atoms. The van der Waals surface area contributed by atoms with Crippen LogP contribution in [0.15, 0.2) is 6.07 Å². The first-order chi connectivity index (χ1) is 9.61. The standard InChI is InChI=1S/C15H26N2O3/c1-4-12-10-13(17(3)16-12)11-14(18)15(20-5-2)6-8-19-9-7-15/h10,14,18H,4-9,11H2,1-3H3. The van der Waals surface area contributed by atoms with Gasteiger partial charge in [-0.3, -0.25) is 4.68 Å². The van der Waals surface area contributed by atoms with Crippen molar-refractivity contribution in [2.24, 2.45) is 7.05 Å². The molecule has 1 aromatic rings. The molecule has 1 N–H and O–H groups in total. The molecule has 114 valence electrons. The summed E-state index contributed by atoms with van der Waals surface area (Å²) >= 11 is 0.